The van der Waals surface area contributed by atoms with E-state index in [4.69, 9.17) is 34.1 Å². The molecular formula is C13H18N8. The van der Waals surface area contributed by atoms with E-state index in [9.17, 15) is 0 Å². The molecule has 0 saturated heterocycles. The second-order valence-corrected chi connectivity index (χ2v) is 4.55. The summed E-state index contributed by atoms with van der Waals surface area (Å²) in [6.45, 7) is 0. The minimum absolute atomic E-state index is 0.0794. The SMILES string of the molecule is CNc1cc(N)cc(N)c1-c1cc(N)c(C(=N)N)c(N)n1. The van der Waals surface area contributed by atoms with Crippen molar-refractivity contribution in [1.29, 1.82) is 5.41 Å². The predicted octanol–water partition coefficient (Wildman–Crippen LogP) is 0.403. The standard InChI is InChI=1S/C13H18N8/c1-20-8-3-5(14)2-6(15)10(8)9-4-7(16)11(12(17)18)13(19)21-9/h2-4,20H,14-15H2,1H3,(H3,17,18)(H4,16,19,21). The van der Waals surface area contributed by atoms with Gasteiger partial charge in [-0.25, -0.2) is 4.98 Å². The number of pyridine rings is 1. The third-order valence-corrected chi connectivity index (χ3v) is 3.06. The highest BCUT2D eigenvalue weighted by Gasteiger charge is 2.16. The lowest BCUT2D eigenvalue weighted by Crippen LogP contribution is -2.17. The molecule has 8 heteroatoms. The Morgan fingerprint density at radius 3 is 2.29 bits per heavy atom. The lowest BCUT2D eigenvalue weighted by molar-refractivity contribution is 1.30. The van der Waals surface area contributed by atoms with E-state index in [1.165, 1.54) is 0 Å². The van der Waals surface area contributed by atoms with Gasteiger partial charge in [0.15, 0.2) is 0 Å². The maximum atomic E-state index is 7.47. The van der Waals surface area contributed by atoms with Crippen LogP contribution in [-0.4, -0.2) is 17.9 Å². The first-order chi connectivity index (χ1) is 9.85. The molecule has 2 rings (SSSR count). The van der Waals surface area contributed by atoms with E-state index in [0.29, 0.717) is 28.3 Å². The molecule has 21 heavy (non-hydrogen) atoms. The molecule has 12 N–H and O–H groups in total. The van der Waals surface area contributed by atoms with Crippen molar-refractivity contribution < 1.29 is 0 Å². The van der Waals surface area contributed by atoms with Crippen LogP contribution in [0.4, 0.5) is 28.6 Å². The van der Waals surface area contributed by atoms with E-state index in [1.54, 1.807) is 25.2 Å². The Morgan fingerprint density at radius 2 is 1.76 bits per heavy atom. The first-order valence-corrected chi connectivity index (χ1v) is 6.12. The third kappa shape index (κ3) is 2.46. The third-order valence-electron chi connectivity index (χ3n) is 3.06. The van der Waals surface area contributed by atoms with Crippen molar-refractivity contribution in [1.82, 2.24) is 4.98 Å². The molecule has 0 amide bonds. The number of nitrogen functional groups attached to an aromatic ring is 5. The number of nitrogens with zero attached hydrogens (tertiary/aromatic N) is 1. The Labute approximate surface area is 121 Å². The summed E-state index contributed by atoms with van der Waals surface area (Å²) in [5, 5.41) is 10.5. The van der Waals surface area contributed by atoms with Gasteiger partial charge in [-0.3, -0.25) is 5.41 Å². The van der Waals surface area contributed by atoms with Gasteiger partial charge in [0.25, 0.3) is 0 Å². The number of benzene rings is 1. The van der Waals surface area contributed by atoms with E-state index in [-0.39, 0.29) is 22.9 Å². The molecular weight excluding hydrogens is 268 g/mol. The van der Waals surface area contributed by atoms with Gasteiger partial charge in [0.2, 0.25) is 0 Å². The van der Waals surface area contributed by atoms with Gasteiger partial charge in [0.05, 0.1) is 11.3 Å². The van der Waals surface area contributed by atoms with Crippen LogP contribution >= 0.6 is 0 Å². The first-order valence-electron chi connectivity index (χ1n) is 6.12. The number of nitrogens with one attached hydrogen (secondary N) is 2. The fourth-order valence-electron chi connectivity index (χ4n) is 2.18. The number of hydrogen-bond donors (Lipinski definition) is 7. The van der Waals surface area contributed by atoms with Crippen molar-refractivity contribution in [2.24, 2.45) is 5.73 Å². The summed E-state index contributed by atoms with van der Waals surface area (Å²) in [6, 6.07) is 4.94. The van der Waals surface area contributed by atoms with Gasteiger partial charge in [-0.2, -0.15) is 0 Å². The maximum absolute atomic E-state index is 7.47. The summed E-state index contributed by atoms with van der Waals surface area (Å²) in [5.41, 5.74) is 32.3. The molecule has 0 aliphatic rings. The van der Waals surface area contributed by atoms with Crippen molar-refractivity contribution in [2.45, 2.75) is 0 Å². The molecule has 0 aliphatic carbocycles. The average Bonchev–Trinajstić information content (AvgIpc) is 2.35. The van der Waals surface area contributed by atoms with Crippen LogP contribution < -0.4 is 34.0 Å². The van der Waals surface area contributed by atoms with Crippen molar-refractivity contribution in [3.05, 3.63) is 23.8 Å². The van der Waals surface area contributed by atoms with Gasteiger partial charge < -0.3 is 34.0 Å². The van der Waals surface area contributed by atoms with Crippen LogP contribution in [0.15, 0.2) is 18.2 Å². The van der Waals surface area contributed by atoms with Crippen LogP contribution in [0.3, 0.4) is 0 Å². The molecule has 0 bridgehead atoms. The summed E-state index contributed by atoms with van der Waals surface area (Å²) in [6.07, 6.45) is 0. The summed E-state index contributed by atoms with van der Waals surface area (Å²) in [5.74, 6) is -0.154. The molecule has 0 radical (unpaired) electrons. The smallest absolute Gasteiger partial charge is 0.137 e. The summed E-state index contributed by atoms with van der Waals surface area (Å²) >= 11 is 0. The highest BCUT2D eigenvalue weighted by molar-refractivity contribution is 6.05. The topological polar surface area (TPSA) is 179 Å². The lowest BCUT2D eigenvalue weighted by Gasteiger charge is -2.15. The predicted molar refractivity (Wildman–Crippen MR) is 87.9 cm³/mol. The van der Waals surface area contributed by atoms with Crippen LogP contribution in [0.2, 0.25) is 0 Å². The van der Waals surface area contributed by atoms with Gasteiger partial charge in [0.1, 0.15) is 11.7 Å². The van der Waals surface area contributed by atoms with Gasteiger partial charge in [-0.1, -0.05) is 0 Å². The molecule has 0 aliphatic heterocycles. The second-order valence-electron chi connectivity index (χ2n) is 4.55. The van der Waals surface area contributed by atoms with Gasteiger partial charge in [-0.05, 0) is 18.2 Å². The fourth-order valence-corrected chi connectivity index (χ4v) is 2.18. The zero-order chi connectivity index (χ0) is 15.7. The molecule has 1 aromatic heterocycles. The van der Waals surface area contributed by atoms with Crippen molar-refractivity contribution >= 4 is 34.4 Å². The Bertz CT molecular complexity index is 699. The van der Waals surface area contributed by atoms with Crippen molar-refractivity contribution in [3.63, 3.8) is 0 Å². The second kappa shape index (κ2) is 5.08. The molecule has 8 nitrogen and oxygen atoms in total. The van der Waals surface area contributed by atoms with E-state index >= 15 is 0 Å². The summed E-state index contributed by atoms with van der Waals surface area (Å²) < 4.78 is 0. The number of rotatable bonds is 3. The molecule has 0 unspecified atom stereocenters. The quantitative estimate of drug-likeness (QED) is 0.242. The Hall–Kier alpha value is -3.16. The van der Waals surface area contributed by atoms with Gasteiger partial charge in [0, 0.05) is 35.4 Å². The molecule has 1 heterocycles. The summed E-state index contributed by atoms with van der Waals surface area (Å²) in [4.78, 5) is 4.24. The molecule has 0 saturated carbocycles. The zero-order valence-corrected chi connectivity index (χ0v) is 11.6. The number of amidine groups is 1. The van der Waals surface area contributed by atoms with Crippen molar-refractivity contribution in [3.8, 4) is 11.3 Å². The molecule has 110 valence electrons. The molecule has 0 atom stereocenters. The number of nitrogens with two attached hydrogens (primary N) is 5. The minimum atomic E-state index is -0.233. The van der Waals surface area contributed by atoms with Crippen LogP contribution in [0.1, 0.15) is 5.56 Å². The molecule has 2 aromatic rings. The number of aromatic nitrogens is 1. The van der Waals surface area contributed by atoms with Crippen molar-refractivity contribution in [2.75, 3.05) is 35.3 Å². The molecule has 0 fully saturated rings. The van der Waals surface area contributed by atoms with Gasteiger partial charge in [-0.15, -0.1) is 0 Å². The highest BCUT2D eigenvalue weighted by atomic mass is 14.9. The van der Waals surface area contributed by atoms with Crippen LogP contribution in [0.5, 0.6) is 0 Å². The monoisotopic (exact) mass is 286 g/mol. The Kier molecular flexibility index (Phi) is 3.45. The first kappa shape index (κ1) is 14.3. The highest BCUT2D eigenvalue weighted by Crippen LogP contribution is 2.36. The number of hydrogen-bond acceptors (Lipinski definition) is 7. The largest absolute Gasteiger partial charge is 0.399 e. The summed E-state index contributed by atoms with van der Waals surface area (Å²) in [7, 11) is 1.74. The Morgan fingerprint density at radius 1 is 1.10 bits per heavy atom. The van der Waals surface area contributed by atoms with Crippen LogP contribution in [-0.2, 0) is 0 Å². The maximum Gasteiger partial charge on any atom is 0.137 e. The van der Waals surface area contributed by atoms with E-state index < -0.39 is 0 Å². The fraction of sp³-hybridized carbons (Fsp3) is 0.0769. The average molecular weight is 286 g/mol. The normalized spacial score (nSPS) is 10.3. The zero-order valence-electron chi connectivity index (χ0n) is 11.6. The molecule has 0 spiro atoms. The Balaban J connectivity index is 2.72. The van der Waals surface area contributed by atoms with Gasteiger partial charge >= 0.3 is 0 Å². The lowest BCUT2D eigenvalue weighted by atomic mass is 10.0. The number of anilines is 5. The van der Waals surface area contributed by atoms with Crippen LogP contribution in [0, 0.1) is 5.41 Å². The van der Waals surface area contributed by atoms with E-state index in [0.717, 1.165) is 0 Å². The van der Waals surface area contributed by atoms with E-state index in [2.05, 4.69) is 10.3 Å². The van der Waals surface area contributed by atoms with E-state index in [1.807, 2.05) is 0 Å². The minimum Gasteiger partial charge on any atom is -0.399 e. The van der Waals surface area contributed by atoms with Crippen LogP contribution in [0.25, 0.3) is 11.3 Å². The molecule has 1 aromatic carbocycles.